The van der Waals surface area contributed by atoms with E-state index in [1.165, 1.54) is 4.90 Å². The smallest absolute Gasteiger partial charge is 0.408 e. The van der Waals surface area contributed by atoms with Gasteiger partial charge < -0.3 is 21.1 Å². The molecule has 0 saturated carbocycles. The van der Waals surface area contributed by atoms with Crippen molar-refractivity contribution in [3.8, 4) is 0 Å². The monoisotopic (exact) mass is 584 g/mol. The molecule has 3 atom stereocenters. The molecule has 226 valence electrons. The molecule has 3 aromatic rings. The lowest BCUT2D eigenvalue weighted by atomic mass is 9.82. The summed E-state index contributed by atoms with van der Waals surface area (Å²) in [6.45, 7) is 5.75. The molecule has 1 aromatic heterocycles. The number of nitrogen functional groups attached to an aromatic ring is 1. The van der Waals surface area contributed by atoms with Crippen LogP contribution < -0.4 is 11.1 Å². The standard InChI is InChI=1S/C33H40N6O4/c1-33(2,3)39(32(42)43)28(27(21-11-6-4-7-12-21)22-13-8-5-9-14-22)30(41)38-18-10-15-26(38)29(40)36-24-16-17-25-23(19-24)20-35-31(34)37-25/h4-9,11-14,20,24,26-28H,10,15-19H2,1-3H3,(H,36,40)(H,42,43)(H2,34,35,37)/t24?,26-,28-/m0/s1. The second kappa shape index (κ2) is 12.4. The van der Waals surface area contributed by atoms with Gasteiger partial charge in [-0.15, -0.1) is 0 Å². The third-order valence-corrected chi connectivity index (χ3v) is 8.45. The van der Waals surface area contributed by atoms with Crippen molar-refractivity contribution in [2.24, 2.45) is 0 Å². The highest BCUT2D eigenvalue weighted by Gasteiger charge is 2.48. The number of benzene rings is 2. The summed E-state index contributed by atoms with van der Waals surface area (Å²) < 4.78 is 0. The number of aryl methyl sites for hydroxylation is 1. The summed E-state index contributed by atoms with van der Waals surface area (Å²) in [5.74, 6) is -0.934. The predicted octanol–water partition coefficient (Wildman–Crippen LogP) is 4.00. The molecule has 1 fully saturated rings. The molecular weight excluding hydrogens is 544 g/mol. The Bertz CT molecular complexity index is 1420. The van der Waals surface area contributed by atoms with Gasteiger partial charge in [0.1, 0.15) is 12.1 Å². The molecule has 1 unspecified atom stereocenters. The molecule has 10 heteroatoms. The molecule has 4 N–H and O–H groups in total. The summed E-state index contributed by atoms with van der Waals surface area (Å²) >= 11 is 0. The van der Waals surface area contributed by atoms with Crippen molar-refractivity contribution in [1.29, 1.82) is 0 Å². The zero-order chi connectivity index (χ0) is 30.7. The van der Waals surface area contributed by atoms with Gasteiger partial charge in [-0.3, -0.25) is 14.5 Å². The van der Waals surface area contributed by atoms with Crippen LogP contribution in [0.2, 0.25) is 0 Å². The normalized spacial score (nSPS) is 19.0. The lowest BCUT2D eigenvalue weighted by Gasteiger charge is -2.44. The summed E-state index contributed by atoms with van der Waals surface area (Å²) in [5, 5.41) is 13.7. The van der Waals surface area contributed by atoms with Gasteiger partial charge in [0.25, 0.3) is 0 Å². The number of nitrogens with zero attached hydrogens (tertiary/aromatic N) is 4. The Balaban J connectivity index is 1.47. The maximum atomic E-state index is 14.7. The van der Waals surface area contributed by atoms with Crippen LogP contribution in [0.3, 0.4) is 0 Å². The summed E-state index contributed by atoms with van der Waals surface area (Å²) in [5.41, 5.74) is 8.36. The average Bonchev–Trinajstić information content (AvgIpc) is 3.47. The number of amides is 3. The average molecular weight is 585 g/mol. The molecule has 10 nitrogen and oxygen atoms in total. The number of nitrogens with two attached hydrogens (primary N) is 1. The third kappa shape index (κ3) is 6.48. The second-order valence-electron chi connectivity index (χ2n) is 12.4. The van der Waals surface area contributed by atoms with Crippen LogP contribution in [0.25, 0.3) is 0 Å². The van der Waals surface area contributed by atoms with E-state index in [9.17, 15) is 19.5 Å². The van der Waals surface area contributed by atoms with E-state index in [4.69, 9.17) is 5.73 Å². The van der Waals surface area contributed by atoms with E-state index in [2.05, 4.69) is 15.3 Å². The SMILES string of the molecule is CC(C)(C)N(C(=O)O)[C@H](C(=O)N1CCC[C@H]1C(=O)NC1CCc2nc(N)ncc2C1)C(c1ccccc1)c1ccccc1. The Morgan fingerprint density at radius 1 is 1.02 bits per heavy atom. The van der Waals surface area contributed by atoms with E-state index < -0.39 is 29.6 Å². The van der Waals surface area contributed by atoms with Gasteiger partial charge in [-0.1, -0.05) is 60.7 Å². The van der Waals surface area contributed by atoms with Crippen molar-refractivity contribution in [3.05, 3.63) is 89.2 Å². The molecule has 2 aliphatic rings. The Labute approximate surface area is 252 Å². The van der Waals surface area contributed by atoms with Crippen molar-refractivity contribution in [1.82, 2.24) is 25.1 Å². The van der Waals surface area contributed by atoms with Crippen LogP contribution in [0.5, 0.6) is 0 Å². The van der Waals surface area contributed by atoms with Gasteiger partial charge in [0, 0.05) is 35.9 Å². The number of rotatable bonds is 7. The first kappa shape index (κ1) is 30.0. The number of carbonyl (C=O) groups is 3. The first-order valence-electron chi connectivity index (χ1n) is 14.9. The molecule has 0 radical (unpaired) electrons. The van der Waals surface area contributed by atoms with E-state index in [1.54, 1.807) is 31.9 Å². The third-order valence-electron chi connectivity index (χ3n) is 8.45. The molecule has 43 heavy (non-hydrogen) atoms. The van der Waals surface area contributed by atoms with Crippen LogP contribution in [-0.4, -0.2) is 73.0 Å². The summed E-state index contributed by atoms with van der Waals surface area (Å²) in [6, 6.07) is 17.1. The van der Waals surface area contributed by atoms with E-state index in [-0.39, 0.29) is 23.8 Å². The fraction of sp³-hybridized carbons (Fsp3) is 0.424. The number of nitrogens with one attached hydrogen (secondary N) is 1. The Kier molecular flexibility index (Phi) is 8.66. The minimum atomic E-state index is -1.19. The molecule has 2 heterocycles. The van der Waals surface area contributed by atoms with Crippen molar-refractivity contribution in [3.63, 3.8) is 0 Å². The fourth-order valence-corrected chi connectivity index (χ4v) is 6.52. The lowest BCUT2D eigenvalue weighted by molar-refractivity contribution is -0.144. The van der Waals surface area contributed by atoms with Gasteiger partial charge in [-0.05, 0) is 69.6 Å². The highest BCUT2D eigenvalue weighted by Crippen LogP contribution is 2.37. The first-order valence-corrected chi connectivity index (χ1v) is 14.9. The highest BCUT2D eigenvalue weighted by atomic mass is 16.4. The van der Waals surface area contributed by atoms with Gasteiger partial charge in [-0.2, -0.15) is 0 Å². The van der Waals surface area contributed by atoms with Gasteiger partial charge in [0.2, 0.25) is 17.8 Å². The van der Waals surface area contributed by atoms with E-state index in [1.807, 2.05) is 60.7 Å². The Hall–Kier alpha value is -4.47. The van der Waals surface area contributed by atoms with E-state index in [0.29, 0.717) is 38.6 Å². The molecule has 3 amide bonds. The van der Waals surface area contributed by atoms with Crippen LogP contribution in [-0.2, 0) is 22.4 Å². The van der Waals surface area contributed by atoms with Crippen LogP contribution in [0.4, 0.5) is 10.7 Å². The summed E-state index contributed by atoms with van der Waals surface area (Å²) in [4.78, 5) is 52.7. The van der Waals surface area contributed by atoms with Crippen LogP contribution in [0.1, 0.15) is 68.3 Å². The number of hydrogen-bond donors (Lipinski definition) is 3. The molecule has 0 bridgehead atoms. The number of fused-ring (bicyclic) bond motifs is 1. The van der Waals surface area contributed by atoms with Gasteiger partial charge in [0.05, 0.1) is 0 Å². The highest BCUT2D eigenvalue weighted by molar-refractivity contribution is 5.93. The number of anilines is 1. The molecular formula is C33H40N6O4. The number of aromatic nitrogens is 2. The van der Waals surface area contributed by atoms with E-state index >= 15 is 0 Å². The Morgan fingerprint density at radius 3 is 2.23 bits per heavy atom. The largest absolute Gasteiger partial charge is 0.465 e. The number of carbonyl (C=O) groups excluding carboxylic acids is 2. The van der Waals surface area contributed by atoms with Gasteiger partial charge in [-0.25, -0.2) is 14.8 Å². The minimum absolute atomic E-state index is 0.118. The van der Waals surface area contributed by atoms with Crippen LogP contribution >= 0.6 is 0 Å². The maximum Gasteiger partial charge on any atom is 0.408 e. The second-order valence-corrected chi connectivity index (χ2v) is 12.4. The quantitative estimate of drug-likeness (QED) is 0.381. The molecule has 5 rings (SSSR count). The first-order chi connectivity index (χ1) is 20.5. The van der Waals surface area contributed by atoms with Crippen molar-refractivity contribution >= 4 is 23.9 Å². The fourth-order valence-electron chi connectivity index (χ4n) is 6.52. The topological polar surface area (TPSA) is 142 Å². The van der Waals surface area contributed by atoms with E-state index in [0.717, 1.165) is 22.4 Å². The summed E-state index contributed by atoms with van der Waals surface area (Å²) in [6.07, 6.45) is 3.67. The maximum absolute atomic E-state index is 14.7. The minimum Gasteiger partial charge on any atom is -0.465 e. The summed E-state index contributed by atoms with van der Waals surface area (Å²) in [7, 11) is 0. The molecule has 1 saturated heterocycles. The Morgan fingerprint density at radius 2 is 1.65 bits per heavy atom. The molecule has 2 aromatic carbocycles. The number of hydrogen-bond acceptors (Lipinski definition) is 6. The predicted molar refractivity (Wildman–Crippen MR) is 163 cm³/mol. The zero-order valence-corrected chi connectivity index (χ0v) is 24.9. The lowest BCUT2D eigenvalue weighted by Crippen LogP contribution is -2.61. The zero-order valence-electron chi connectivity index (χ0n) is 24.9. The molecule has 0 spiro atoms. The molecule has 1 aliphatic carbocycles. The van der Waals surface area contributed by atoms with Gasteiger partial charge in [0.15, 0.2) is 0 Å². The van der Waals surface area contributed by atoms with Gasteiger partial charge >= 0.3 is 6.09 Å². The van der Waals surface area contributed by atoms with Crippen molar-refractivity contribution < 1.29 is 19.5 Å². The number of likely N-dealkylation sites (tertiary alicyclic amines) is 1. The van der Waals surface area contributed by atoms with Crippen molar-refractivity contribution in [2.45, 2.75) is 82.5 Å². The van der Waals surface area contributed by atoms with Crippen LogP contribution in [0.15, 0.2) is 66.9 Å². The number of carboxylic acid groups (broad SMARTS) is 1. The molecule has 1 aliphatic heterocycles. The van der Waals surface area contributed by atoms with Crippen LogP contribution in [0, 0.1) is 0 Å². The van der Waals surface area contributed by atoms with Crippen molar-refractivity contribution in [2.75, 3.05) is 12.3 Å².